The van der Waals surface area contributed by atoms with Crippen LogP contribution in [0, 0.1) is 11.3 Å². The second-order valence-corrected chi connectivity index (χ2v) is 5.69. The van der Waals surface area contributed by atoms with E-state index in [9.17, 15) is 5.26 Å². The van der Waals surface area contributed by atoms with Crippen LogP contribution in [0.2, 0.25) is 0 Å². The lowest BCUT2D eigenvalue weighted by Gasteiger charge is -2.06. The SMILES string of the molecule is N#Cc1c(-c2cccs2)cccc1-c1cccs1. The Balaban J connectivity index is 2.24. The Morgan fingerprint density at radius 3 is 1.72 bits per heavy atom. The van der Waals surface area contributed by atoms with Gasteiger partial charge in [0.25, 0.3) is 0 Å². The highest BCUT2D eigenvalue weighted by Crippen LogP contribution is 2.35. The summed E-state index contributed by atoms with van der Waals surface area (Å²) in [6.07, 6.45) is 0. The Hall–Kier alpha value is -1.89. The Kier molecular flexibility index (Phi) is 2.97. The summed E-state index contributed by atoms with van der Waals surface area (Å²) in [4.78, 5) is 2.29. The minimum absolute atomic E-state index is 0.766. The van der Waals surface area contributed by atoms with Gasteiger partial charge in [0.15, 0.2) is 0 Å². The third-order valence-electron chi connectivity index (χ3n) is 2.75. The molecule has 0 unspecified atom stereocenters. The van der Waals surface area contributed by atoms with Gasteiger partial charge in [-0.15, -0.1) is 22.7 Å². The van der Waals surface area contributed by atoms with E-state index in [1.165, 1.54) is 0 Å². The minimum atomic E-state index is 0.766. The summed E-state index contributed by atoms with van der Waals surface area (Å²) >= 11 is 3.33. The van der Waals surface area contributed by atoms with Crippen LogP contribution in [0.5, 0.6) is 0 Å². The summed E-state index contributed by atoms with van der Waals surface area (Å²) in [6.45, 7) is 0. The third-order valence-corrected chi connectivity index (χ3v) is 4.56. The molecular weight excluding hydrogens is 258 g/mol. The zero-order valence-electron chi connectivity index (χ0n) is 9.46. The van der Waals surface area contributed by atoms with Crippen molar-refractivity contribution < 1.29 is 0 Å². The fourth-order valence-corrected chi connectivity index (χ4v) is 3.46. The lowest BCUT2D eigenvalue weighted by molar-refractivity contribution is 1.49. The van der Waals surface area contributed by atoms with Gasteiger partial charge in [-0.3, -0.25) is 0 Å². The molecule has 0 fully saturated rings. The number of nitrogens with zero attached hydrogens (tertiary/aromatic N) is 1. The average molecular weight is 267 g/mol. The predicted molar refractivity (Wildman–Crippen MR) is 77.8 cm³/mol. The van der Waals surface area contributed by atoms with E-state index in [0.29, 0.717) is 0 Å². The minimum Gasteiger partial charge on any atom is -0.192 e. The van der Waals surface area contributed by atoms with Crippen LogP contribution in [0.15, 0.2) is 53.2 Å². The van der Waals surface area contributed by atoms with Gasteiger partial charge in [0.2, 0.25) is 0 Å². The van der Waals surface area contributed by atoms with Crippen LogP contribution < -0.4 is 0 Å². The number of nitriles is 1. The first kappa shape index (κ1) is 11.2. The van der Waals surface area contributed by atoms with Gasteiger partial charge in [0.1, 0.15) is 6.07 Å². The number of hydrogen-bond donors (Lipinski definition) is 0. The highest BCUT2D eigenvalue weighted by atomic mass is 32.1. The van der Waals surface area contributed by atoms with Gasteiger partial charge in [-0.25, -0.2) is 0 Å². The van der Waals surface area contributed by atoms with Crippen molar-refractivity contribution >= 4 is 22.7 Å². The Morgan fingerprint density at radius 1 is 0.778 bits per heavy atom. The van der Waals surface area contributed by atoms with Gasteiger partial charge in [-0.2, -0.15) is 5.26 Å². The summed E-state index contributed by atoms with van der Waals surface area (Å²) < 4.78 is 0. The molecule has 2 aromatic heterocycles. The maximum absolute atomic E-state index is 9.46. The van der Waals surface area contributed by atoms with Crippen LogP contribution in [0.1, 0.15) is 5.56 Å². The zero-order chi connectivity index (χ0) is 12.4. The standard InChI is InChI=1S/C15H9NS2/c16-10-13-11(14-6-2-8-17-14)4-1-5-12(13)15-7-3-9-18-15/h1-9H. The van der Waals surface area contributed by atoms with E-state index in [1.54, 1.807) is 22.7 Å². The molecule has 3 rings (SSSR count). The molecule has 0 amide bonds. The molecule has 0 aliphatic carbocycles. The lowest BCUT2D eigenvalue weighted by Crippen LogP contribution is -1.86. The monoisotopic (exact) mass is 267 g/mol. The predicted octanol–water partition coefficient (Wildman–Crippen LogP) is 5.02. The lowest BCUT2D eigenvalue weighted by atomic mass is 10.00. The van der Waals surface area contributed by atoms with Crippen molar-refractivity contribution in [1.29, 1.82) is 5.26 Å². The van der Waals surface area contributed by atoms with Crippen molar-refractivity contribution in [2.75, 3.05) is 0 Å². The Morgan fingerprint density at radius 2 is 1.33 bits per heavy atom. The summed E-state index contributed by atoms with van der Waals surface area (Å²) in [5.74, 6) is 0. The van der Waals surface area contributed by atoms with Crippen LogP contribution >= 0.6 is 22.7 Å². The van der Waals surface area contributed by atoms with Gasteiger partial charge < -0.3 is 0 Å². The van der Waals surface area contributed by atoms with E-state index in [4.69, 9.17) is 0 Å². The molecule has 0 bridgehead atoms. The van der Waals surface area contributed by atoms with Crippen molar-refractivity contribution in [3.8, 4) is 27.0 Å². The number of hydrogen-bond acceptors (Lipinski definition) is 3. The topological polar surface area (TPSA) is 23.8 Å². The van der Waals surface area contributed by atoms with Crippen molar-refractivity contribution in [3.05, 3.63) is 58.8 Å². The smallest absolute Gasteiger partial charge is 0.100 e. The summed E-state index contributed by atoms with van der Waals surface area (Å²) in [5.41, 5.74) is 2.82. The highest BCUT2D eigenvalue weighted by Gasteiger charge is 2.12. The van der Waals surface area contributed by atoms with Crippen LogP contribution in [-0.4, -0.2) is 0 Å². The largest absolute Gasteiger partial charge is 0.192 e. The Bertz CT molecular complexity index is 636. The van der Waals surface area contributed by atoms with E-state index in [2.05, 4.69) is 18.2 Å². The number of thiophene rings is 2. The number of rotatable bonds is 2. The quantitative estimate of drug-likeness (QED) is 0.640. The molecule has 1 aromatic carbocycles. The van der Waals surface area contributed by atoms with Gasteiger partial charge in [0, 0.05) is 20.9 Å². The molecule has 0 saturated carbocycles. The summed E-state index contributed by atoms with van der Waals surface area (Å²) in [6, 6.07) is 16.5. The summed E-state index contributed by atoms with van der Waals surface area (Å²) in [7, 11) is 0. The third kappa shape index (κ3) is 1.86. The van der Waals surface area contributed by atoms with Gasteiger partial charge in [0.05, 0.1) is 5.56 Å². The van der Waals surface area contributed by atoms with Gasteiger partial charge in [-0.05, 0) is 22.9 Å². The van der Waals surface area contributed by atoms with E-state index in [1.807, 2.05) is 41.1 Å². The zero-order valence-corrected chi connectivity index (χ0v) is 11.1. The molecule has 2 heterocycles. The van der Waals surface area contributed by atoms with E-state index in [0.717, 1.165) is 26.4 Å². The van der Waals surface area contributed by atoms with Crippen molar-refractivity contribution in [2.24, 2.45) is 0 Å². The molecule has 0 N–H and O–H groups in total. The second kappa shape index (κ2) is 4.77. The molecule has 18 heavy (non-hydrogen) atoms. The van der Waals surface area contributed by atoms with Crippen LogP contribution in [-0.2, 0) is 0 Å². The maximum Gasteiger partial charge on any atom is 0.100 e. The van der Waals surface area contributed by atoms with Crippen LogP contribution in [0.3, 0.4) is 0 Å². The van der Waals surface area contributed by atoms with Crippen LogP contribution in [0.25, 0.3) is 20.9 Å². The Labute approximate surface area is 114 Å². The molecule has 1 nitrogen and oxygen atoms in total. The molecule has 0 saturated heterocycles. The fraction of sp³-hybridized carbons (Fsp3) is 0. The van der Waals surface area contributed by atoms with E-state index >= 15 is 0 Å². The molecule has 3 aromatic rings. The molecule has 0 aliphatic heterocycles. The van der Waals surface area contributed by atoms with E-state index in [-0.39, 0.29) is 0 Å². The number of benzene rings is 1. The highest BCUT2D eigenvalue weighted by molar-refractivity contribution is 7.14. The van der Waals surface area contributed by atoms with Gasteiger partial charge >= 0.3 is 0 Å². The summed E-state index contributed by atoms with van der Waals surface area (Å²) in [5, 5.41) is 13.5. The fourth-order valence-electron chi connectivity index (χ4n) is 1.95. The first-order chi connectivity index (χ1) is 8.90. The van der Waals surface area contributed by atoms with E-state index < -0.39 is 0 Å². The first-order valence-electron chi connectivity index (χ1n) is 5.51. The van der Waals surface area contributed by atoms with Crippen molar-refractivity contribution in [3.63, 3.8) is 0 Å². The maximum atomic E-state index is 9.46. The van der Waals surface area contributed by atoms with Crippen molar-refractivity contribution in [1.82, 2.24) is 0 Å². The van der Waals surface area contributed by atoms with Crippen molar-refractivity contribution in [2.45, 2.75) is 0 Å². The van der Waals surface area contributed by atoms with Gasteiger partial charge in [-0.1, -0.05) is 30.3 Å². The van der Waals surface area contributed by atoms with Crippen LogP contribution in [0.4, 0.5) is 0 Å². The molecule has 86 valence electrons. The average Bonchev–Trinajstić information content (AvgIpc) is 3.10. The molecule has 0 spiro atoms. The molecule has 0 radical (unpaired) electrons. The molecule has 0 atom stereocenters. The molecule has 0 aliphatic rings. The second-order valence-electron chi connectivity index (χ2n) is 3.79. The normalized spacial score (nSPS) is 10.2. The first-order valence-corrected chi connectivity index (χ1v) is 7.27. The molecular formula is C15H9NS2. The molecule has 3 heteroatoms.